The minimum Gasteiger partial charge on any atom is -0.358 e. The van der Waals surface area contributed by atoms with Crippen molar-refractivity contribution in [2.75, 3.05) is 0 Å². The average Bonchev–Trinajstić information content (AvgIpc) is 2.99. The third kappa shape index (κ3) is 2.29. The summed E-state index contributed by atoms with van der Waals surface area (Å²) in [7, 11) is 0. The molecular weight excluding hydrogens is 344 g/mol. The monoisotopic (exact) mass is 352 g/mol. The van der Waals surface area contributed by atoms with Crippen LogP contribution in [0.2, 0.25) is 0 Å². The van der Waals surface area contributed by atoms with Crippen LogP contribution in [0.15, 0.2) is 28.9 Å². The molecule has 0 amide bonds. The van der Waals surface area contributed by atoms with Crippen LogP contribution in [0.4, 0.5) is 11.5 Å². The zero-order valence-electron chi connectivity index (χ0n) is 10.6. The van der Waals surface area contributed by atoms with Crippen molar-refractivity contribution in [2.45, 2.75) is 18.9 Å². The molecule has 2 heterocycles. The molecule has 21 heavy (non-hydrogen) atoms. The fourth-order valence-corrected chi connectivity index (χ4v) is 3.10. The summed E-state index contributed by atoms with van der Waals surface area (Å²) in [5, 5.41) is 21.5. The van der Waals surface area contributed by atoms with E-state index in [1.54, 1.807) is 16.7 Å². The molecule has 1 unspecified atom stereocenters. The van der Waals surface area contributed by atoms with Gasteiger partial charge in [0.05, 0.1) is 4.92 Å². The van der Waals surface area contributed by atoms with Crippen LogP contribution in [0, 0.1) is 20.2 Å². The van der Waals surface area contributed by atoms with Gasteiger partial charge in [0.1, 0.15) is 0 Å². The number of aromatic nitrogens is 2. The molecule has 1 aliphatic heterocycles. The molecule has 0 radical (unpaired) electrons. The van der Waals surface area contributed by atoms with Crippen molar-refractivity contribution < 1.29 is 9.85 Å². The summed E-state index contributed by atoms with van der Waals surface area (Å²) >= 11 is 3.20. The fraction of sp³-hybridized carbons (Fsp3) is 0.250. The number of hydrogen-bond acceptors (Lipinski definition) is 5. The van der Waals surface area contributed by atoms with Gasteiger partial charge in [-0.05, 0) is 31.4 Å². The van der Waals surface area contributed by atoms with Gasteiger partial charge in [0.25, 0.3) is 5.69 Å². The second-order valence-electron chi connectivity index (χ2n) is 4.76. The normalized spacial score (nSPS) is 16.7. The molecule has 0 aliphatic carbocycles. The lowest BCUT2D eigenvalue weighted by atomic mass is 9.97. The van der Waals surface area contributed by atoms with Gasteiger partial charge in [0, 0.05) is 31.0 Å². The van der Waals surface area contributed by atoms with Crippen molar-refractivity contribution in [2.24, 2.45) is 0 Å². The van der Waals surface area contributed by atoms with E-state index in [0.717, 1.165) is 5.56 Å². The first-order valence-electron chi connectivity index (χ1n) is 6.11. The number of fused-ring (bicyclic) bond motifs is 1. The summed E-state index contributed by atoms with van der Waals surface area (Å²) in [6.07, 6.45) is 0.574. The number of nitro groups is 2. The lowest BCUT2D eigenvalue weighted by molar-refractivity contribution is -0.390. The van der Waals surface area contributed by atoms with Crippen LogP contribution < -0.4 is 0 Å². The Morgan fingerprint density at radius 3 is 2.38 bits per heavy atom. The van der Waals surface area contributed by atoms with Gasteiger partial charge in [-0.3, -0.25) is 14.7 Å². The van der Waals surface area contributed by atoms with Gasteiger partial charge < -0.3 is 10.1 Å². The molecule has 2 aromatic rings. The molecule has 8 nitrogen and oxygen atoms in total. The fourth-order valence-electron chi connectivity index (χ4n) is 2.52. The first kappa shape index (κ1) is 13.7. The van der Waals surface area contributed by atoms with Gasteiger partial charge in [-0.1, -0.05) is 12.1 Å². The molecule has 1 aromatic heterocycles. The van der Waals surface area contributed by atoms with Crippen molar-refractivity contribution in [3.05, 3.63) is 60.5 Å². The van der Waals surface area contributed by atoms with Gasteiger partial charge in [0.2, 0.25) is 5.82 Å². The van der Waals surface area contributed by atoms with Crippen LogP contribution >= 0.6 is 15.9 Å². The Bertz CT molecular complexity index is 740. The van der Waals surface area contributed by atoms with Crippen molar-refractivity contribution in [3.8, 4) is 0 Å². The molecule has 108 valence electrons. The Morgan fingerprint density at radius 1 is 1.19 bits per heavy atom. The van der Waals surface area contributed by atoms with E-state index in [0.29, 0.717) is 23.4 Å². The maximum Gasteiger partial charge on any atom is 0.396 e. The molecule has 1 aromatic carbocycles. The largest absolute Gasteiger partial charge is 0.396 e. The number of hydrogen-bond donors (Lipinski definition) is 0. The van der Waals surface area contributed by atoms with Gasteiger partial charge in [-0.2, -0.15) is 0 Å². The molecule has 0 saturated carbocycles. The highest BCUT2D eigenvalue weighted by molar-refractivity contribution is 9.10. The van der Waals surface area contributed by atoms with E-state index in [9.17, 15) is 20.2 Å². The van der Waals surface area contributed by atoms with Crippen LogP contribution in [0.5, 0.6) is 0 Å². The summed E-state index contributed by atoms with van der Waals surface area (Å²) in [4.78, 5) is 24.5. The summed E-state index contributed by atoms with van der Waals surface area (Å²) in [5.74, 6) is 0.592. The van der Waals surface area contributed by atoms with E-state index in [4.69, 9.17) is 0 Å². The third-order valence-electron chi connectivity index (χ3n) is 3.55. The van der Waals surface area contributed by atoms with E-state index in [1.165, 1.54) is 12.1 Å². The highest BCUT2D eigenvalue weighted by Gasteiger charge is 2.34. The lowest BCUT2D eigenvalue weighted by Crippen LogP contribution is -2.02. The average molecular weight is 353 g/mol. The van der Waals surface area contributed by atoms with Gasteiger partial charge in [0.15, 0.2) is 4.60 Å². The van der Waals surface area contributed by atoms with Crippen molar-refractivity contribution in [1.82, 2.24) is 9.55 Å². The molecule has 3 rings (SSSR count). The first-order valence-corrected chi connectivity index (χ1v) is 6.90. The van der Waals surface area contributed by atoms with Crippen molar-refractivity contribution in [1.29, 1.82) is 0 Å². The van der Waals surface area contributed by atoms with Crippen molar-refractivity contribution >= 4 is 27.4 Å². The maximum absolute atomic E-state index is 10.8. The molecule has 0 spiro atoms. The zero-order chi connectivity index (χ0) is 15.1. The van der Waals surface area contributed by atoms with Crippen LogP contribution in [0.25, 0.3) is 0 Å². The van der Waals surface area contributed by atoms with Crippen LogP contribution in [-0.2, 0) is 13.0 Å². The van der Waals surface area contributed by atoms with E-state index in [2.05, 4.69) is 20.9 Å². The topological polar surface area (TPSA) is 104 Å². The Labute approximate surface area is 126 Å². The number of imidazole rings is 1. The quantitative estimate of drug-likeness (QED) is 0.623. The summed E-state index contributed by atoms with van der Waals surface area (Å²) in [6.45, 7) is 0.564. The van der Waals surface area contributed by atoms with Crippen LogP contribution in [0.1, 0.15) is 17.3 Å². The lowest BCUT2D eigenvalue weighted by Gasteiger charge is -2.08. The molecule has 0 saturated heterocycles. The van der Waals surface area contributed by atoms with E-state index < -0.39 is 9.85 Å². The number of non-ortho nitro benzene ring substituents is 1. The van der Waals surface area contributed by atoms with E-state index >= 15 is 0 Å². The molecule has 1 aliphatic rings. The Hall–Kier alpha value is -2.29. The van der Waals surface area contributed by atoms with E-state index in [1.807, 2.05) is 0 Å². The summed E-state index contributed by atoms with van der Waals surface area (Å²) in [5.41, 5.74) is 1.01. The predicted octanol–water partition coefficient (Wildman–Crippen LogP) is 2.80. The minimum absolute atomic E-state index is 0.0475. The highest BCUT2D eigenvalue weighted by Crippen LogP contribution is 2.36. The molecule has 9 heteroatoms. The number of benzene rings is 1. The third-order valence-corrected chi connectivity index (χ3v) is 4.33. The van der Waals surface area contributed by atoms with E-state index in [-0.39, 0.29) is 17.4 Å². The Morgan fingerprint density at radius 2 is 1.86 bits per heavy atom. The zero-order valence-corrected chi connectivity index (χ0v) is 12.2. The first-order chi connectivity index (χ1) is 9.97. The van der Waals surface area contributed by atoms with Crippen LogP contribution in [0.3, 0.4) is 0 Å². The molecule has 0 N–H and O–H groups in total. The van der Waals surface area contributed by atoms with Crippen molar-refractivity contribution in [3.63, 3.8) is 0 Å². The van der Waals surface area contributed by atoms with Gasteiger partial charge in [-0.25, -0.2) is 0 Å². The highest BCUT2D eigenvalue weighted by atomic mass is 79.9. The summed E-state index contributed by atoms with van der Waals surface area (Å²) in [6, 6.07) is 6.37. The second-order valence-corrected chi connectivity index (χ2v) is 5.51. The molecule has 1 atom stereocenters. The maximum atomic E-state index is 10.8. The SMILES string of the molecule is O=[N+]([O-])c1ccc(C2Cc3nc([N+](=O)[O-])c(Br)n3C2)cc1. The smallest absolute Gasteiger partial charge is 0.358 e. The van der Waals surface area contributed by atoms with Crippen LogP contribution in [-0.4, -0.2) is 19.4 Å². The minimum atomic E-state index is -0.518. The molecular formula is C12H9BrN4O4. The predicted molar refractivity (Wildman–Crippen MR) is 76.1 cm³/mol. The second kappa shape index (κ2) is 4.92. The number of nitro benzene ring substituents is 1. The van der Waals surface area contributed by atoms with Gasteiger partial charge in [-0.15, -0.1) is 0 Å². The Balaban J connectivity index is 1.84. The molecule has 0 fully saturated rings. The molecule has 0 bridgehead atoms. The van der Waals surface area contributed by atoms with Gasteiger partial charge >= 0.3 is 5.82 Å². The standard InChI is InChI=1S/C12H9BrN4O4/c13-11-12(17(20)21)14-10-5-8(6-15(10)11)7-1-3-9(4-2-7)16(18)19/h1-4,8H,5-6H2. The summed E-state index contributed by atoms with van der Waals surface area (Å²) < 4.78 is 2.14. The number of halogens is 1. The Kier molecular flexibility index (Phi) is 3.20. The number of nitrogens with zero attached hydrogens (tertiary/aromatic N) is 4. The number of rotatable bonds is 3.